The van der Waals surface area contributed by atoms with Gasteiger partial charge in [0.2, 0.25) is 10.0 Å². The summed E-state index contributed by atoms with van der Waals surface area (Å²) in [5.74, 6) is 0.632. The van der Waals surface area contributed by atoms with Crippen molar-refractivity contribution in [2.75, 3.05) is 25.9 Å². The van der Waals surface area contributed by atoms with Crippen molar-refractivity contribution >= 4 is 22.4 Å². The molecule has 0 radical (unpaired) electrons. The van der Waals surface area contributed by atoms with Gasteiger partial charge in [0.1, 0.15) is 0 Å². The SMILES string of the molecule is CC(C)CCS(=O)(=O)N(C)CC(C)(C)CN.Cl. The quantitative estimate of drug-likeness (QED) is 0.775. The summed E-state index contributed by atoms with van der Waals surface area (Å²) in [6.07, 6.45) is 0.704. The summed E-state index contributed by atoms with van der Waals surface area (Å²) in [4.78, 5) is 0. The Bertz CT molecular complexity index is 303. The van der Waals surface area contributed by atoms with Gasteiger partial charge in [-0.05, 0) is 24.3 Å². The zero-order valence-corrected chi connectivity index (χ0v) is 13.2. The highest BCUT2D eigenvalue weighted by molar-refractivity contribution is 7.89. The number of hydrogen-bond acceptors (Lipinski definition) is 3. The zero-order valence-electron chi connectivity index (χ0n) is 11.6. The van der Waals surface area contributed by atoms with Crippen molar-refractivity contribution in [3.8, 4) is 0 Å². The van der Waals surface area contributed by atoms with Gasteiger partial charge in [-0.2, -0.15) is 0 Å². The first-order valence-corrected chi connectivity index (χ1v) is 7.36. The first-order valence-electron chi connectivity index (χ1n) is 5.75. The minimum atomic E-state index is -3.12. The first kappa shape index (κ1) is 19.5. The Balaban J connectivity index is 0. The minimum absolute atomic E-state index is 0. The van der Waals surface area contributed by atoms with Crippen molar-refractivity contribution < 1.29 is 8.42 Å². The van der Waals surface area contributed by atoms with Gasteiger partial charge in [-0.25, -0.2) is 12.7 Å². The van der Waals surface area contributed by atoms with Crippen molar-refractivity contribution in [2.24, 2.45) is 17.1 Å². The van der Waals surface area contributed by atoms with Gasteiger partial charge in [0, 0.05) is 13.6 Å². The lowest BCUT2D eigenvalue weighted by atomic mass is 9.94. The van der Waals surface area contributed by atoms with E-state index < -0.39 is 10.0 Å². The maximum atomic E-state index is 11.9. The van der Waals surface area contributed by atoms with Crippen molar-refractivity contribution in [1.29, 1.82) is 0 Å². The molecule has 0 rings (SSSR count). The largest absolute Gasteiger partial charge is 0.330 e. The molecule has 0 aromatic rings. The van der Waals surface area contributed by atoms with E-state index in [1.807, 2.05) is 27.7 Å². The van der Waals surface area contributed by atoms with Gasteiger partial charge in [-0.1, -0.05) is 27.7 Å². The molecule has 0 amide bonds. The molecule has 0 atom stereocenters. The topological polar surface area (TPSA) is 63.4 Å². The molecule has 2 N–H and O–H groups in total. The van der Waals surface area contributed by atoms with E-state index in [1.54, 1.807) is 7.05 Å². The Kier molecular flexibility index (Phi) is 8.67. The first-order chi connectivity index (χ1) is 7.10. The second kappa shape index (κ2) is 7.56. The van der Waals surface area contributed by atoms with Crippen LogP contribution in [0.1, 0.15) is 34.1 Å². The van der Waals surface area contributed by atoms with Gasteiger partial charge in [-0.3, -0.25) is 0 Å². The van der Waals surface area contributed by atoms with Crippen LogP contribution in [0.25, 0.3) is 0 Å². The molecular formula is C11H27ClN2O2S. The van der Waals surface area contributed by atoms with Crippen LogP contribution in [0.15, 0.2) is 0 Å². The molecule has 0 unspecified atom stereocenters. The lowest BCUT2D eigenvalue weighted by Gasteiger charge is -2.28. The lowest BCUT2D eigenvalue weighted by Crippen LogP contribution is -2.40. The monoisotopic (exact) mass is 286 g/mol. The molecule has 0 aliphatic rings. The Labute approximate surface area is 112 Å². The predicted molar refractivity (Wildman–Crippen MR) is 76.0 cm³/mol. The third-order valence-corrected chi connectivity index (χ3v) is 4.46. The fourth-order valence-electron chi connectivity index (χ4n) is 1.31. The van der Waals surface area contributed by atoms with Crippen LogP contribution < -0.4 is 5.73 Å². The number of sulfonamides is 1. The maximum Gasteiger partial charge on any atom is 0.213 e. The van der Waals surface area contributed by atoms with Crippen LogP contribution >= 0.6 is 12.4 Å². The Hall–Kier alpha value is 0.160. The van der Waals surface area contributed by atoms with Gasteiger partial charge >= 0.3 is 0 Å². The molecular weight excluding hydrogens is 260 g/mol. The average molecular weight is 287 g/mol. The van der Waals surface area contributed by atoms with Crippen molar-refractivity contribution in [1.82, 2.24) is 4.31 Å². The number of rotatable bonds is 7. The number of nitrogens with two attached hydrogens (primary N) is 1. The van der Waals surface area contributed by atoms with Crippen LogP contribution in [0, 0.1) is 11.3 Å². The molecule has 17 heavy (non-hydrogen) atoms. The highest BCUT2D eigenvalue weighted by Crippen LogP contribution is 2.17. The Morgan fingerprint density at radius 2 is 1.76 bits per heavy atom. The predicted octanol–water partition coefficient (Wildman–Crippen LogP) is 1.70. The van der Waals surface area contributed by atoms with Crippen LogP contribution in [0.5, 0.6) is 0 Å². The van der Waals surface area contributed by atoms with Crippen molar-refractivity contribution in [2.45, 2.75) is 34.1 Å². The molecule has 0 saturated carbocycles. The van der Waals surface area contributed by atoms with Gasteiger partial charge < -0.3 is 5.73 Å². The summed E-state index contributed by atoms with van der Waals surface area (Å²) in [6, 6.07) is 0. The highest BCUT2D eigenvalue weighted by Gasteiger charge is 2.25. The highest BCUT2D eigenvalue weighted by atomic mass is 35.5. The van der Waals surface area contributed by atoms with Crippen LogP contribution in [-0.4, -0.2) is 38.6 Å². The van der Waals surface area contributed by atoms with E-state index in [-0.39, 0.29) is 23.6 Å². The molecule has 0 bridgehead atoms. The summed E-state index contributed by atoms with van der Waals surface area (Å²) < 4.78 is 25.3. The summed E-state index contributed by atoms with van der Waals surface area (Å²) in [6.45, 7) is 8.96. The second-order valence-corrected chi connectivity index (χ2v) is 7.82. The molecule has 0 heterocycles. The van der Waals surface area contributed by atoms with Crippen molar-refractivity contribution in [3.05, 3.63) is 0 Å². The lowest BCUT2D eigenvalue weighted by molar-refractivity contribution is 0.291. The molecule has 4 nitrogen and oxygen atoms in total. The molecule has 106 valence electrons. The summed E-state index contributed by atoms with van der Waals surface area (Å²) in [7, 11) is -1.49. The molecule has 0 aliphatic heterocycles. The maximum absolute atomic E-state index is 11.9. The van der Waals surface area contributed by atoms with E-state index in [2.05, 4.69) is 0 Å². The second-order valence-electron chi connectivity index (χ2n) is 5.62. The summed E-state index contributed by atoms with van der Waals surface area (Å²) in [5.41, 5.74) is 5.43. The molecule has 0 saturated heterocycles. The number of hydrogen-bond donors (Lipinski definition) is 1. The zero-order chi connectivity index (χ0) is 13.0. The van der Waals surface area contributed by atoms with E-state index in [0.29, 0.717) is 25.4 Å². The molecule has 6 heteroatoms. The molecule has 0 aromatic carbocycles. The van der Waals surface area contributed by atoms with Gasteiger partial charge in [0.15, 0.2) is 0 Å². The minimum Gasteiger partial charge on any atom is -0.330 e. The fraction of sp³-hybridized carbons (Fsp3) is 1.00. The number of halogens is 1. The van der Waals surface area contributed by atoms with Crippen LogP contribution in [0.3, 0.4) is 0 Å². The van der Waals surface area contributed by atoms with Crippen LogP contribution in [-0.2, 0) is 10.0 Å². The Morgan fingerprint density at radius 1 is 1.29 bits per heavy atom. The van der Waals surface area contributed by atoms with E-state index in [9.17, 15) is 8.42 Å². The average Bonchev–Trinajstić information content (AvgIpc) is 2.14. The van der Waals surface area contributed by atoms with Crippen molar-refractivity contribution in [3.63, 3.8) is 0 Å². The molecule has 0 spiro atoms. The molecule has 0 aromatic heterocycles. The van der Waals surface area contributed by atoms with Gasteiger partial charge in [0.05, 0.1) is 5.75 Å². The van der Waals surface area contributed by atoms with E-state index >= 15 is 0 Å². The van der Waals surface area contributed by atoms with Gasteiger partial charge in [0.25, 0.3) is 0 Å². The Morgan fingerprint density at radius 3 is 2.12 bits per heavy atom. The third-order valence-electron chi connectivity index (χ3n) is 2.63. The third kappa shape index (κ3) is 7.97. The van der Waals surface area contributed by atoms with E-state index in [4.69, 9.17) is 5.73 Å². The van der Waals surface area contributed by atoms with Crippen LogP contribution in [0.2, 0.25) is 0 Å². The van der Waals surface area contributed by atoms with E-state index in [1.165, 1.54) is 4.31 Å². The molecule has 0 aliphatic carbocycles. The normalized spacial score (nSPS) is 12.9. The molecule has 0 fully saturated rings. The summed E-state index contributed by atoms with van der Waals surface area (Å²) in [5, 5.41) is 0. The van der Waals surface area contributed by atoms with E-state index in [0.717, 1.165) is 0 Å². The van der Waals surface area contributed by atoms with Gasteiger partial charge in [-0.15, -0.1) is 12.4 Å². The number of nitrogens with zero attached hydrogens (tertiary/aromatic N) is 1. The standard InChI is InChI=1S/C11H26N2O2S.ClH/c1-10(2)6-7-16(14,15)13(5)9-11(3,4)8-12;/h10H,6-9,12H2,1-5H3;1H. The van der Waals surface area contributed by atoms with Crippen LogP contribution in [0.4, 0.5) is 0 Å². The smallest absolute Gasteiger partial charge is 0.213 e. The fourth-order valence-corrected chi connectivity index (χ4v) is 2.93. The summed E-state index contributed by atoms with van der Waals surface area (Å²) >= 11 is 0.